The van der Waals surface area contributed by atoms with Crippen LogP contribution in [0.5, 0.6) is 0 Å². The van der Waals surface area contributed by atoms with Gasteiger partial charge in [-0.05, 0) is 25.5 Å². The van der Waals surface area contributed by atoms with Crippen molar-refractivity contribution in [1.29, 1.82) is 0 Å². The number of hydrogen-bond donors (Lipinski definition) is 1. The normalized spacial score (nSPS) is 25.1. The van der Waals surface area contributed by atoms with Gasteiger partial charge in [-0.1, -0.05) is 13.0 Å². The average Bonchev–Trinajstić information content (AvgIpc) is 2.38. The van der Waals surface area contributed by atoms with Gasteiger partial charge in [0.1, 0.15) is 5.82 Å². The standard InChI is InChI=1S/C14H23N3S/c1-4-15-14-6-5-13(9-16-14)10-17-7-8-18-12(3)11(17)2/h5-6,9,11-12H,4,7-8,10H2,1-3H3,(H,15,16). The second-order valence-corrected chi connectivity index (χ2v) is 6.35. The van der Waals surface area contributed by atoms with Crippen LogP contribution in [0, 0.1) is 0 Å². The summed E-state index contributed by atoms with van der Waals surface area (Å²) in [6.07, 6.45) is 2.00. The van der Waals surface area contributed by atoms with Crippen LogP contribution in [-0.4, -0.2) is 40.0 Å². The molecule has 0 spiro atoms. The summed E-state index contributed by atoms with van der Waals surface area (Å²) in [4.78, 5) is 7.00. The fourth-order valence-electron chi connectivity index (χ4n) is 2.26. The van der Waals surface area contributed by atoms with Crippen LogP contribution in [-0.2, 0) is 6.54 Å². The molecule has 1 aromatic rings. The molecule has 1 N–H and O–H groups in total. The molecule has 0 saturated carbocycles. The molecule has 1 saturated heterocycles. The predicted molar refractivity (Wildman–Crippen MR) is 80.2 cm³/mol. The van der Waals surface area contributed by atoms with Crippen LogP contribution in [0.15, 0.2) is 18.3 Å². The largest absolute Gasteiger partial charge is 0.370 e. The second-order valence-electron chi connectivity index (χ2n) is 4.87. The number of rotatable bonds is 4. The molecule has 0 amide bonds. The Morgan fingerprint density at radius 1 is 1.44 bits per heavy atom. The molecule has 1 fully saturated rings. The van der Waals surface area contributed by atoms with Gasteiger partial charge in [0.2, 0.25) is 0 Å². The maximum atomic E-state index is 4.43. The monoisotopic (exact) mass is 265 g/mol. The van der Waals surface area contributed by atoms with Crippen molar-refractivity contribution in [2.45, 2.75) is 38.6 Å². The predicted octanol–water partition coefficient (Wildman–Crippen LogP) is 2.84. The molecular weight excluding hydrogens is 242 g/mol. The summed E-state index contributed by atoms with van der Waals surface area (Å²) in [5.74, 6) is 2.21. The van der Waals surface area contributed by atoms with Crippen molar-refractivity contribution in [2.75, 3.05) is 24.2 Å². The lowest BCUT2D eigenvalue weighted by Crippen LogP contribution is -2.43. The topological polar surface area (TPSA) is 28.2 Å². The van der Waals surface area contributed by atoms with Gasteiger partial charge in [-0.3, -0.25) is 4.90 Å². The highest BCUT2D eigenvalue weighted by molar-refractivity contribution is 8.00. The van der Waals surface area contributed by atoms with E-state index in [9.17, 15) is 0 Å². The highest BCUT2D eigenvalue weighted by Gasteiger charge is 2.24. The summed E-state index contributed by atoms with van der Waals surface area (Å²) >= 11 is 2.08. The van der Waals surface area contributed by atoms with Gasteiger partial charge in [-0.2, -0.15) is 11.8 Å². The first-order valence-electron chi connectivity index (χ1n) is 6.75. The fraction of sp³-hybridized carbons (Fsp3) is 0.643. The molecule has 2 unspecified atom stereocenters. The third-order valence-electron chi connectivity index (χ3n) is 3.58. The minimum absolute atomic E-state index is 0.650. The average molecular weight is 265 g/mol. The highest BCUT2D eigenvalue weighted by atomic mass is 32.2. The van der Waals surface area contributed by atoms with E-state index in [0.29, 0.717) is 6.04 Å². The molecule has 0 bridgehead atoms. The number of thioether (sulfide) groups is 1. The quantitative estimate of drug-likeness (QED) is 0.906. The minimum Gasteiger partial charge on any atom is -0.370 e. The zero-order valence-electron chi connectivity index (χ0n) is 11.5. The van der Waals surface area contributed by atoms with Gasteiger partial charge in [-0.25, -0.2) is 4.98 Å². The zero-order valence-corrected chi connectivity index (χ0v) is 12.3. The van der Waals surface area contributed by atoms with Crippen molar-refractivity contribution in [3.63, 3.8) is 0 Å². The van der Waals surface area contributed by atoms with E-state index >= 15 is 0 Å². The van der Waals surface area contributed by atoms with Crippen molar-refractivity contribution in [3.8, 4) is 0 Å². The molecular formula is C14H23N3S. The van der Waals surface area contributed by atoms with Crippen molar-refractivity contribution >= 4 is 17.6 Å². The van der Waals surface area contributed by atoms with Crippen LogP contribution >= 0.6 is 11.8 Å². The van der Waals surface area contributed by atoms with Crippen molar-refractivity contribution < 1.29 is 0 Å². The molecule has 2 rings (SSSR count). The summed E-state index contributed by atoms with van der Waals surface area (Å²) in [6, 6.07) is 4.91. The lowest BCUT2D eigenvalue weighted by Gasteiger charge is -2.37. The van der Waals surface area contributed by atoms with Crippen molar-refractivity contribution in [1.82, 2.24) is 9.88 Å². The Bertz CT molecular complexity index is 366. The van der Waals surface area contributed by atoms with Crippen LogP contribution in [0.4, 0.5) is 5.82 Å². The van der Waals surface area contributed by atoms with E-state index < -0.39 is 0 Å². The summed E-state index contributed by atoms with van der Waals surface area (Å²) in [5, 5.41) is 3.96. The highest BCUT2D eigenvalue weighted by Crippen LogP contribution is 2.25. The van der Waals surface area contributed by atoms with Gasteiger partial charge < -0.3 is 5.32 Å². The van der Waals surface area contributed by atoms with Crippen molar-refractivity contribution in [2.24, 2.45) is 0 Å². The Balaban J connectivity index is 1.96. The van der Waals surface area contributed by atoms with Crippen molar-refractivity contribution in [3.05, 3.63) is 23.9 Å². The Labute approximate surface area is 114 Å². The Kier molecular flexibility index (Phi) is 4.89. The maximum Gasteiger partial charge on any atom is 0.125 e. The Morgan fingerprint density at radius 3 is 2.94 bits per heavy atom. The molecule has 0 radical (unpaired) electrons. The summed E-state index contributed by atoms with van der Waals surface area (Å²) in [6.45, 7) is 9.87. The molecule has 2 heterocycles. The van der Waals surface area contributed by atoms with Crippen LogP contribution in [0.1, 0.15) is 26.3 Å². The third kappa shape index (κ3) is 3.39. The first kappa shape index (κ1) is 13.7. The minimum atomic E-state index is 0.650. The van der Waals surface area contributed by atoms with E-state index in [1.165, 1.54) is 17.9 Å². The number of aromatic nitrogens is 1. The van der Waals surface area contributed by atoms with E-state index in [2.05, 4.69) is 59.9 Å². The second kappa shape index (κ2) is 6.43. The van der Waals surface area contributed by atoms with Gasteiger partial charge in [0.15, 0.2) is 0 Å². The first-order valence-corrected chi connectivity index (χ1v) is 7.80. The van der Waals surface area contributed by atoms with E-state index in [-0.39, 0.29) is 0 Å². The summed E-state index contributed by atoms with van der Waals surface area (Å²) < 4.78 is 0. The molecule has 0 aliphatic carbocycles. The van der Waals surface area contributed by atoms with E-state index in [1.54, 1.807) is 0 Å². The molecule has 100 valence electrons. The molecule has 1 aromatic heterocycles. The number of nitrogens with one attached hydrogen (secondary N) is 1. The van der Waals surface area contributed by atoms with E-state index in [1.807, 2.05) is 6.20 Å². The molecule has 2 atom stereocenters. The number of nitrogens with zero attached hydrogens (tertiary/aromatic N) is 2. The van der Waals surface area contributed by atoms with Gasteiger partial charge >= 0.3 is 0 Å². The SMILES string of the molecule is CCNc1ccc(CN2CCSC(C)C2C)cn1. The summed E-state index contributed by atoms with van der Waals surface area (Å²) in [7, 11) is 0. The van der Waals surface area contributed by atoms with Gasteiger partial charge in [0.25, 0.3) is 0 Å². The Hall–Kier alpha value is -0.740. The van der Waals surface area contributed by atoms with Gasteiger partial charge in [-0.15, -0.1) is 0 Å². The Morgan fingerprint density at radius 2 is 2.28 bits per heavy atom. The molecule has 3 nitrogen and oxygen atoms in total. The smallest absolute Gasteiger partial charge is 0.125 e. The molecule has 0 aromatic carbocycles. The summed E-state index contributed by atoms with van der Waals surface area (Å²) in [5.41, 5.74) is 1.31. The van der Waals surface area contributed by atoms with Crippen LogP contribution < -0.4 is 5.32 Å². The van der Waals surface area contributed by atoms with Crippen LogP contribution in [0.25, 0.3) is 0 Å². The zero-order chi connectivity index (χ0) is 13.0. The maximum absolute atomic E-state index is 4.43. The third-order valence-corrected chi connectivity index (χ3v) is 4.92. The van der Waals surface area contributed by atoms with E-state index in [4.69, 9.17) is 0 Å². The van der Waals surface area contributed by atoms with Gasteiger partial charge in [0.05, 0.1) is 0 Å². The van der Waals surface area contributed by atoms with Crippen LogP contribution in [0.2, 0.25) is 0 Å². The molecule has 18 heavy (non-hydrogen) atoms. The number of hydrogen-bond acceptors (Lipinski definition) is 4. The lowest BCUT2D eigenvalue weighted by molar-refractivity contribution is 0.204. The molecule has 1 aliphatic rings. The molecule has 4 heteroatoms. The number of anilines is 1. The number of pyridine rings is 1. The van der Waals surface area contributed by atoms with E-state index in [0.717, 1.165) is 24.2 Å². The first-order chi connectivity index (χ1) is 8.70. The molecule has 1 aliphatic heterocycles. The lowest BCUT2D eigenvalue weighted by atomic mass is 10.1. The fourth-order valence-corrected chi connectivity index (χ4v) is 3.42. The van der Waals surface area contributed by atoms with Gasteiger partial charge in [0, 0.05) is 42.9 Å². The van der Waals surface area contributed by atoms with Crippen LogP contribution in [0.3, 0.4) is 0 Å².